The zero-order valence-electron chi connectivity index (χ0n) is 15.8. The summed E-state index contributed by atoms with van der Waals surface area (Å²) in [5.41, 5.74) is 1.13. The Hall–Kier alpha value is -2.13. The van der Waals surface area contributed by atoms with Crippen LogP contribution < -0.4 is 4.90 Å². The van der Waals surface area contributed by atoms with Crippen LogP contribution in [0.25, 0.3) is 0 Å². The lowest BCUT2D eigenvalue weighted by molar-refractivity contribution is -0.160. The van der Waals surface area contributed by atoms with Gasteiger partial charge in [-0.1, -0.05) is 18.2 Å². The number of benzene rings is 1. The monoisotopic (exact) mass is 412 g/mol. The van der Waals surface area contributed by atoms with Crippen LogP contribution in [0.2, 0.25) is 0 Å². The summed E-state index contributed by atoms with van der Waals surface area (Å²) >= 11 is 0. The molecule has 0 spiro atoms. The van der Waals surface area contributed by atoms with Crippen molar-refractivity contribution in [2.24, 2.45) is 5.92 Å². The van der Waals surface area contributed by atoms with Crippen molar-refractivity contribution >= 4 is 17.5 Å². The summed E-state index contributed by atoms with van der Waals surface area (Å²) in [7, 11) is 0. The lowest BCUT2D eigenvalue weighted by Gasteiger charge is -2.59. The second kappa shape index (κ2) is 7.60. The number of para-hydroxylation sites is 1. The molecule has 9 heteroatoms. The Morgan fingerprint density at radius 2 is 1.86 bits per heavy atom. The standard InChI is InChI=1S/C20H23F3N2O4/c21-20(22,23)9-17(27)24-10-15-18(13-3-1-2-4-14(13)24)16(11-26)25(15)19(28)12-5-7-29-8-6-12/h1-4,12,15-16,18,26H,5-11H2/t15-,16+,18+/m1/s1. The summed E-state index contributed by atoms with van der Waals surface area (Å²) in [5, 5.41) is 9.95. The fourth-order valence-corrected chi connectivity index (χ4v) is 4.85. The van der Waals surface area contributed by atoms with Gasteiger partial charge in [-0.05, 0) is 24.5 Å². The summed E-state index contributed by atoms with van der Waals surface area (Å²) in [5.74, 6) is -1.57. The Bertz CT molecular complexity index is 794. The molecule has 1 aromatic carbocycles. The first-order valence-corrected chi connectivity index (χ1v) is 9.78. The molecule has 0 aromatic heterocycles. The van der Waals surface area contributed by atoms with Gasteiger partial charge in [-0.3, -0.25) is 9.59 Å². The van der Waals surface area contributed by atoms with Crippen LogP contribution in [-0.4, -0.2) is 66.4 Å². The Balaban J connectivity index is 1.63. The lowest BCUT2D eigenvalue weighted by atomic mass is 9.71. The molecule has 3 heterocycles. The van der Waals surface area contributed by atoms with E-state index < -0.39 is 30.6 Å². The summed E-state index contributed by atoms with van der Waals surface area (Å²) in [6.07, 6.45) is -4.99. The van der Waals surface area contributed by atoms with Crippen molar-refractivity contribution in [3.05, 3.63) is 29.8 Å². The van der Waals surface area contributed by atoms with E-state index in [2.05, 4.69) is 0 Å². The van der Waals surface area contributed by atoms with Crippen LogP contribution in [-0.2, 0) is 14.3 Å². The molecule has 0 unspecified atom stereocenters. The molecule has 3 aliphatic rings. The molecule has 0 bridgehead atoms. The van der Waals surface area contributed by atoms with E-state index in [0.29, 0.717) is 37.3 Å². The number of aliphatic hydroxyl groups is 1. The molecule has 0 saturated carbocycles. The number of carbonyl (C=O) groups is 2. The predicted octanol–water partition coefficient (Wildman–Crippen LogP) is 2.07. The first-order chi connectivity index (χ1) is 13.8. The fourth-order valence-electron chi connectivity index (χ4n) is 4.85. The van der Waals surface area contributed by atoms with Gasteiger partial charge in [0.25, 0.3) is 0 Å². The van der Waals surface area contributed by atoms with E-state index in [1.807, 2.05) is 0 Å². The number of fused-ring (bicyclic) bond motifs is 3. The highest BCUT2D eigenvalue weighted by atomic mass is 19.4. The predicted molar refractivity (Wildman–Crippen MR) is 97.3 cm³/mol. The zero-order chi connectivity index (χ0) is 20.8. The number of carbonyl (C=O) groups excluding carboxylic acids is 2. The number of ether oxygens (including phenoxy) is 1. The molecule has 0 aliphatic carbocycles. The third-order valence-electron chi connectivity index (χ3n) is 6.16. The number of aliphatic hydroxyl groups excluding tert-OH is 1. The van der Waals surface area contributed by atoms with Crippen molar-refractivity contribution in [2.75, 3.05) is 31.3 Å². The maximum atomic E-state index is 13.1. The highest BCUT2D eigenvalue weighted by molar-refractivity contribution is 5.96. The largest absolute Gasteiger partial charge is 0.397 e. The number of amides is 2. The Morgan fingerprint density at radius 1 is 1.17 bits per heavy atom. The number of halogens is 3. The van der Waals surface area contributed by atoms with Crippen LogP contribution >= 0.6 is 0 Å². The Kier molecular flexibility index (Phi) is 5.29. The van der Waals surface area contributed by atoms with Gasteiger partial charge in [-0.15, -0.1) is 0 Å². The molecular weight excluding hydrogens is 389 g/mol. The van der Waals surface area contributed by atoms with Gasteiger partial charge in [0.15, 0.2) is 0 Å². The number of anilines is 1. The maximum absolute atomic E-state index is 13.1. The fraction of sp³-hybridized carbons (Fsp3) is 0.600. The molecule has 29 heavy (non-hydrogen) atoms. The SMILES string of the molecule is O=C(CC(F)(F)F)N1C[C@@H]2[C@H](c3ccccc31)[C@H](CO)N2C(=O)C1CCOCC1. The summed E-state index contributed by atoms with van der Waals surface area (Å²) < 4.78 is 43.8. The van der Waals surface area contributed by atoms with Crippen LogP contribution in [0.15, 0.2) is 24.3 Å². The molecule has 3 atom stereocenters. The maximum Gasteiger partial charge on any atom is 0.397 e. The third kappa shape index (κ3) is 3.61. The highest BCUT2D eigenvalue weighted by Crippen LogP contribution is 2.49. The molecular formula is C20H23F3N2O4. The minimum atomic E-state index is -4.60. The van der Waals surface area contributed by atoms with E-state index in [1.54, 1.807) is 29.2 Å². The van der Waals surface area contributed by atoms with E-state index in [-0.39, 0.29) is 30.9 Å². The smallest absolute Gasteiger partial charge is 0.394 e. The van der Waals surface area contributed by atoms with Crippen molar-refractivity contribution < 1.29 is 32.6 Å². The van der Waals surface area contributed by atoms with Crippen molar-refractivity contribution in [2.45, 2.75) is 43.4 Å². The van der Waals surface area contributed by atoms with Crippen LogP contribution in [0, 0.1) is 5.92 Å². The van der Waals surface area contributed by atoms with Gasteiger partial charge >= 0.3 is 6.18 Å². The quantitative estimate of drug-likeness (QED) is 0.825. The molecule has 2 fully saturated rings. The van der Waals surface area contributed by atoms with Crippen LogP contribution in [0.5, 0.6) is 0 Å². The van der Waals surface area contributed by atoms with Gasteiger partial charge in [-0.25, -0.2) is 0 Å². The molecule has 6 nitrogen and oxygen atoms in total. The Morgan fingerprint density at radius 3 is 2.52 bits per heavy atom. The van der Waals surface area contributed by atoms with E-state index in [9.17, 15) is 27.9 Å². The van der Waals surface area contributed by atoms with E-state index >= 15 is 0 Å². The van der Waals surface area contributed by atoms with E-state index in [1.165, 1.54) is 0 Å². The van der Waals surface area contributed by atoms with Gasteiger partial charge in [0, 0.05) is 37.3 Å². The number of hydrogen-bond acceptors (Lipinski definition) is 4. The molecule has 1 N–H and O–H groups in total. The highest BCUT2D eigenvalue weighted by Gasteiger charge is 2.56. The molecule has 4 rings (SSSR count). The average Bonchev–Trinajstić information content (AvgIpc) is 2.67. The third-order valence-corrected chi connectivity index (χ3v) is 6.16. The number of hydrogen-bond donors (Lipinski definition) is 1. The van der Waals surface area contributed by atoms with E-state index in [0.717, 1.165) is 4.90 Å². The molecule has 2 saturated heterocycles. The number of nitrogens with zero attached hydrogens (tertiary/aromatic N) is 2. The van der Waals surface area contributed by atoms with Crippen LogP contribution in [0.4, 0.5) is 18.9 Å². The topological polar surface area (TPSA) is 70.1 Å². The average molecular weight is 412 g/mol. The summed E-state index contributed by atoms with van der Waals surface area (Å²) in [6, 6.07) is 5.94. The van der Waals surface area contributed by atoms with Crippen molar-refractivity contribution in [3.8, 4) is 0 Å². The van der Waals surface area contributed by atoms with Gasteiger partial charge in [0.1, 0.15) is 6.42 Å². The minimum absolute atomic E-state index is 0.00204. The lowest BCUT2D eigenvalue weighted by Crippen LogP contribution is -2.71. The first kappa shape index (κ1) is 20.2. The number of rotatable bonds is 3. The van der Waals surface area contributed by atoms with Gasteiger partial charge in [-0.2, -0.15) is 13.2 Å². The van der Waals surface area contributed by atoms with Gasteiger partial charge in [0.2, 0.25) is 11.8 Å². The van der Waals surface area contributed by atoms with Crippen molar-refractivity contribution in [3.63, 3.8) is 0 Å². The second-order valence-electron chi connectivity index (χ2n) is 7.83. The molecule has 3 aliphatic heterocycles. The Labute approximate surface area is 166 Å². The van der Waals surface area contributed by atoms with Gasteiger partial charge < -0.3 is 19.6 Å². The summed E-state index contributed by atoms with van der Waals surface area (Å²) in [4.78, 5) is 28.2. The van der Waals surface area contributed by atoms with Gasteiger partial charge in [0.05, 0.1) is 18.7 Å². The number of likely N-dealkylation sites (tertiary alicyclic amines) is 1. The molecule has 2 amide bonds. The van der Waals surface area contributed by atoms with Crippen LogP contribution in [0.1, 0.15) is 30.7 Å². The second-order valence-corrected chi connectivity index (χ2v) is 7.83. The van der Waals surface area contributed by atoms with Crippen molar-refractivity contribution in [1.82, 2.24) is 4.90 Å². The first-order valence-electron chi connectivity index (χ1n) is 9.78. The minimum Gasteiger partial charge on any atom is -0.394 e. The molecule has 158 valence electrons. The summed E-state index contributed by atoms with van der Waals surface area (Å²) in [6.45, 7) is 0.741. The van der Waals surface area contributed by atoms with Crippen molar-refractivity contribution in [1.29, 1.82) is 0 Å². The normalized spacial score (nSPS) is 27.1. The molecule has 0 radical (unpaired) electrons. The molecule has 1 aromatic rings. The van der Waals surface area contributed by atoms with Crippen LogP contribution in [0.3, 0.4) is 0 Å². The number of alkyl halides is 3. The zero-order valence-corrected chi connectivity index (χ0v) is 15.8. The van der Waals surface area contributed by atoms with E-state index in [4.69, 9.17) is 4.74 Å².